The van der Waals surface area contributed by atoms with Crippen molar-refractivity contribution in [3.05, 3.63) is 0 Å². The fourth-order valence-corrected chi connectivity index (χ4v) is 2.68. The lowest BCUT2D eigenvalue weighted by atomic mass is 10.2. The molecule has 0 bridgehead atoms. The molecule has 1 N–H and O–H groups in total. The predicted octanol–water partition coefficient (Wildman–Crippen LogP) is 0.727. The molecule has 0 atom stereocenters. The second kappa shape index (κ2) is 9.73. The number of hydrogen-bond acceptors (Lipinski definition) is 4. The number of carboxylic acids is 1. The Morgan fingerprint density at radius 3 is 1.95 bits per heavy atom. The molecule has 1 aliphatic rings. The van der Waals surface area contributed by atoms with Crippen LogP contribution in [-0.2, 0) is 9.59 Å². The first kappa shape index (κ1) is 17.9. The van der Waals surface area contributed by atoms with Gasteiger partial charge in [-0.25, -0.2) is 0 Å². The number of carbonyl (C=O) groups excluding carboxylic acids is 1. The summed E-state index contributed by atoms with van der Waals surface area (Å²) >= 11 is 0. The zero-order chi connectivity index (χ0) is 15.7. The molecular formula is C15H29N3O3. The predicted molar refractivity (Wildman–Crippen MR) is 82.3 cm³/mol. The van der Waals surface area contributed by atoms with Crippen molar-refractivity contribution in [1.82, 2.24) is 14.7 Å². The summed E-state index contributed by atoms with van der Waals surface area (Å²) in [6.45, 7) is 11.0. The zero-order valence-corrected chi connectivity index (χ0v) is 13.4. The topological polar surface area (TPSA) is 64.1 Å². The minimum absolute atomic E-state index is 0.221. The first-order chi connectivity index (χ1) is 10.1. The highest BCUT2D eigenvalue weighted by Gasteiger charge is 2.17. The van der Waals surface area contributed by atoms with Gasteiger partial charge in [0.2, 0.25) is 5.91 Å². The fraction of sp³-hybridized carbons (Fsp3) is 0.867. The lowest BCUT2D eigenvalue weighted by Gasteiger charge is -2.34. The number of piperazine rings is 1. The molecule has 0 aromatic carbocycles. The second-order valence-corrected chi connectivity index (χ2v) is 5.50. The molecular weight excluding hydrogens is 270 g/mol. The molecule has 1 amide bonds. The van der Waals surface area contributed by atoms with Crippen LogP contribution >= 0.6 is 0 Å². The van der Waals surface area contributed by atoms with Gasteiger partial charge in [-0.1, -0.05) is 0 Å². The molecule has 0 aromatic rings. The Labute approximate surface area is 127 Å². The summed E-state index contributed by atoms with van der Waals surface area (Å²) in [6.07, 6.45) is 1.75. The number of carbonyl (C=O) groups is 2. The molecule has 0 unspecified atom stereocenters. The van der Waals surface area contributed by atoms with E-state index in [0.29, 0.717) is 13.0 Å². The molecule has 1 fully saturated rings. The molecule has 6 nitrogen and oxygen atoms in total. The standard InChI is InChI=1S/C15H29N3O3/c1-3-18(4-2)14(19)6-5-8-16-10-12-17(13-11-16)9-7-15(20)21/h3-13H2,1-2H3,(H,20,21). The van der Waals surface area contributed by atoms with Crippen molar-refractivity contribution >= 4 is 11.9 Å². The van der Waals surface area contributed by atoms with Gasteiger partial charge in [-0.05, 0) is 26.8 Å². The quantitative estimate of drug-likeness (QED) is 0.680. The zero-order valence-electron chi connectivity index (χ0n) is 13.4. The maximum Gasteiger partial charge on any atom is 0.304 e. The van der Waals surface area contributed by atoms with Crippen molar-refractivity contribution in [3.8, 4) is 0 Å². The van der Waals surface area contributed by atoms with Crippen LogP contribution in [0, 0.1) is 0 Å². The van der Waals surface area contributed by atoms with Crippen molar-refractivity contribution in [2.24, 2.45) is 0 Å². The Morgan fingerprint density at radius 1 is 0.952 bits per heavy atom. The van der Waals surface area contributed by atoms with Crippen LogP contribution in [0.5, 0.6) is 0 Å². The fourth-order valence-electron chi connectivity index (χ4n) is 2.68. The van der Waals surface area contributed by atoms with E-state index < -0.39 is 5.97 Å². The SMILES string of the molecule is CCN(CC)C(=O)CCCN1CCN(CCC(=O)O)CC1. The largest absolute Gasteiger partial charge is 0.481 e. The molecule has 6 heteroatoms. The molecule has 1 saturated heterocycles. The minimum Gasteiger partial charge on any atom is -0.481 e. The van der Waals surface area contributed by atoms with Crippen LogP contribution in [0.25, 0.3) is 0 Å². The van der Waals surface area contributed by atoms with E-state index in [-0.39, 0.29) is 12.3 Å². The third-order valence-electron chi connectivity index (χ3n) is 4.09. The van der Waals surface area contributed by atoms with Gasteiger partial charge in [0.25, 0.3) is 0 Å². The van der Waals surface area contributed by atoms with Gasteiger partial charge in [0.05, 0.1) is 6.42 Å². The highest BCUT2D eigenvalue weighted by atomic mass is 16.4. The average Bonchev–Trinajstić information content (AvgIpc) is 2.47. The van der Waals surface area contributed by atoms with Crippen molar-refractivity contribution < 1.29 is 14.7 Å². The van der Waals surface area contributed by atoms with Gasteiger partial charge in [0, 0.05) is 52.2 Å². The lowest BCUT2D eigenvalue weighted by Crippen LogP contribution is -2.47. The van der Waals surface area contributed by atoms with Gasteiger partial charge in [-0.2, -0.15) is 0 Å². The van der Waals surface area contributed by atoms with E-state index in [0.717, 1.165) is 52.2 Å². The molecule has 0 saturated carbocycles. The number of amides is 1. The summed E-state index contributed by atoms with van der Waals surface area (Å²) in [4.78, 5) is 28.9. The van der Waals surface area contributed by atoms with E-state index in [4.69, 9.17) is 5.11 Å². The van der Waals surface area contributed by atoms with E-state index in [2.05, 4.69) is 9.80 Å². The molecule has 0 aromatic heterocycles. The van der Waals surface area contributed by atoms with Crippen LogP contribution in [-0.4, -0.2) is 84.0 Å². The first-order valence-corrected chi connectivity index (χ1v) is 8.01. The lowest BCUT2D eigenvalue weighted by molar-refractivity contribution is -0.137. The Bertz CT molecular complexity index is 324. The molecule has 0 radical (unpaired) electrons. The third-order valence-corrected chi connectivity index (χ3v) is 4.09. The molecule has 1 aliphatic heterocycles. The van der Waals surface area contributed by atoms with Gasteiger partial charge < -0.3 is 19.8 Å². The molecule has 1 heterocycles. The number of nitrogens with zero attached hydrogens (tertiary/aromatic N) is 3. The van der Waals surface area contributed by atoms with Gasteiger partial charge in [0.15, 0.2) is 0 Å². The van der Waals surface area contributed by atoms with E-state index in [1.807, 2.05) is 18.7 Å². The van der Waals surface area contributed by atoms with E-state index in [9.17, 15) is 9.59 Å². The molecule has 0 aliphatic carbocycles. The van der Waals surface area contributed by atoms with Crippen molar-refractivity contribution in [1.29, 1.82) is 0 Å². The summed E-state index contributed by atoms with van der Waals surface area (Å²) in [5.41, 5.74) is 0. The normalized spacial score (nSPS) is 16.9. The molecule has 0 spiro atoms. The smallest absolute Gasteiger partial charge is 0.304 e. The molecule has 122 valence electrons. The van der Waals surface area contributed by atoms with Gasteiger partial charge in [-0.3, -0.25) is 9.59 Å². The summed E-state index contributed by atoms with van der Waals surface area (Å²) in [7, 11) is 0. The highest BCUT2D eigenvalue weighted by molar-refractivity contribution is 5.76. The second-order valence-electron chi connectivity index (χ2n) is 5.50. The maximum absolute atomic E-state index is 11.9. The van der Waals surface area contributed by atoms with Gasteiger partial charge >= 0.3 is 5.97 Å². The molecule has 1 rings (SSSR count). The molecule has 21 heavy (non-hydrogen) atoms. The average molecular weight is 299 g/mol. The summed E-state index contributed by atoms with van der Waals surface area (Å²) in [5, 5.41) is 8.68. The maximum atomic E-state index is 11.9. The van der Waals surface area contributed by atoms with Crippen LogP contribution < -0.4 is 0 Å². The Kier molecular flexibility index (Phi) is 8.30. The van der Waals surface area contributed by atoms with Gasteiger partial charge in [-0.15, -0.1) is 0 Å². The first-order valence-electron chi connectivity index (χ1n) is 8.01. The van der Waals surface area contributed by atoms with Crippen molar-refractivity contribution in [3.63, 3.8) is 0 Å². The minimum atomic E-state index is -0.729. The summed E-state index contributed by atoms with van der Waals surface area (Å²) in [5.74, 6) is -0.479. The number of aliphatic carboxylic acids is 1. The monoisotopic (exact) mass is 299 g/mol. The van der Waals surface area contributed by atoms with Crippen molar-refractivity contribution in [2.75, 3.05) is 52.4 Å². The van der Waals surface area contributed by atoms with E-state index >= 15 is 0 Å². The number of hydrogen-bond donors (Lipinski definition) is 1. The summed E-state index contributed by atoms with van der Waals surface area (Å²) < 4.78 is 0. The summed E-state index contributed by atoms with van der Waals surface area (Å²) in [6, 6.07) is 0. The number of rotatable bonds is 9. The van der Waals surface area contributed by atoms with Crippen LogP contribution in [0.1, 0.15) is 33.1 Å². The Balaban J connectivity index is 2.13. The van der Waals surface area contributed by atoms with Crippen LogP contribution in [0.2, 0.25) is 0 Å². The van der Waals surface area contributed by atoms with Crippen LogP contribution in [0.4, 0.5) is 0 Å². The third kappa shape index (κ3) is 6.91. The van der Waals surface area contributed by atoms with Crippen LogP contribution in [0.15, 0.2) is 0 Å². The van der Waals surface area contributed by atoms with Crippen LogP contribution in [0.3, 0.4) is 0 Å². The van der Waals surface area contributed by atoms with Gasteiger partial charge in [0.1, 0.15) is 0 Å². The Morgan fingerprint density at radius 2 is 1.48 bits per heavy atom. The number of carboxylic acid groups (broad SMARTS) is 1. The van der Waals surface area contributed by atoms with E-state index in [1.54, 1.807) is 0 Å². The van der Waals surface area contributed by atoms with Crippen molar-refractivity contribution in [2.45, 2.75) is 33.1 Å². The Hall–Kier alpha value is -1.14. The highest BCUT2D eigenvalue weighted by Crippen LogP contribution is 2.05. The van der Waals surface area contributed by atoms with E-state index in [1.165, 1.54) is 0 Å².